The molecule has 0 aliphatic rings. The number of carbonyl (C=O) groups excluding carboxylic acids is 1. The molecule has 0 heterocycles. The summed E-state index contributed by atoms with van der Waals surface area (Å²) in [6.07, 6.45) is 0. The minimum Gasteiger partial charge on any atom is -0.496 e. The molecule has 6 heteroatoms. The van der Waals surface area contributed by atoms with Crippen molar-refractivity contribution in [2.24, 2.45) is 11.7 Å². The number of carboxylic acids is 1. The smallest absolute Gasteiger partial charge is 0.339 e. The van der Waals surface area contributed by atoms with Crippen LogP contribution in [-0.4, -0.2) is 30.1 Å². The Morgan fingerprint density at radius 3 is 2.47 bits per heavy atom. The minimum atomic E-state index is -1.09. The molecule has 1 aromatic rings. The van der Waals surface area contributed by atoms with Gasteiger partial charge in [0.05, 0.1) is 13.2 Å². The van der Waals surface area contributed by atoms with Crippen LogP contribution in [0.25, 0.3) is 0 Å². The summed E-state index contributed by atoms with van der Waals surface area (Å²) in [6, 6.07) is 3.70. The molecule has 0 bridgehead atoms. The van der Waals surface area contributed by atoms with Gasteiger partial charge in [0.2, 0.25) is 5.91 Å². The Labute approximate surface area is 111 Å². The molecule has 0 saturated carbocycles. The lowest BCUT2D eigenvalue weighted by molar-refractivity contribution is -0.118. The first-order valence-electron chi connectivity index (χ1n) is 5.84. The molecule has 0 unspecified atom stereocenters. The first kappa shape index (κ1) is 15.0. The van der Waals surface area contributed by atoms with Gasteiger partial charge in [0.25, 0.3) is 0 Å². The van der Waals surface area contributed by atoms with E-state index in [-0.39, 0.29) is 23.1 Å². The summed E-state index contributed by atoms with van der Waals surface area (Å²) in [7, 11) is 1.37. The topological polar surface area (TPSA) is 102 Å². The van der Waals surface area contributed by atoms with Crippen molar-refractivity contribution in [1.29, 1.82) is 0 Å². The Hall–Kier alpha value is -2.08. The number of nitrogens with one attached hydrogen (secondary N) is 1. The standard InChI is InChI=1S/C13H18N2O4/c1-7(2)11(14)12(16)15-8-4-5-9(13(17)18)10(6-8)19-3/h4-7,11H,14H2,1-3H3,(H,15,16)(H,17,18)/t11-/m1/s1. The molecule has 1 atom stereocenters. The highest BCUT2D eigenvalue weighted by Crippen LogP contribution is 2.23. The molecule has 4 N–H and O–H groups in total. The lowest BCUT2D eigenvalue weighted by Gasteiger charge is -2.16. The molecule has 6 nitrogen and oxygen atoms in total. The zero-order chi connectivity index (χ0) is 14.6. The number of ether oxygens (including phenoxy) is 1. The van der Waals surface area contributed by atoms with Crippen molar-refractivity contribution in [3.63, 3.8) is 0 Å². The summed E-state index contributed by atoms with van der Waals surface area (Å²) in [5.41, 5.74) is 6.20. The van der Waals surface area contributed by atoms with Crippen LogP contribution in [0.3, 0.4) is 0 Å². The molecule has 0 spiro atoms. The Morgan fingerprint density at radius 1 is 1.37 bits per heavy atom. The molecule has 104 valence electrons. The Bertz CT molecular complexity index is 486. The van der Waals surface area contributed by atoms with Crippen molar-refractivity contribution >= 4 is 17.6 Å². The summed E-state index contributed by atoms with van der Waals surface area (Å²) < 4.78 is 4.97. The zero-order valence-electron chi connectivity index (χ0n) is 11.1. The lowest BCUT2D eigenvalue weighted by atomic mass is 10.0. The Morgan fingerprint density at radius 2 is 2.00 bits per heavy atom. The molecule has 1 rings (SSSR count). The van der Waals surface area contributed by atoms with Crippen LogP contribution in [0, 0.1) is 5.92 Å². The SMILES string of the molecule is COc1cc(NC(=O)[C@H](N)C(C)C)ccc1C(=O)O. The van der Waals surface area contributed by atoms with E-state index in [1.807, 2.05) is 13.8 Å². The molecular weight excluding hydrogens is 248 g/mol. The van der Waals surface area contributed by atoms with Gasteiger partial charge in [-0.05, 0) is 18.1 Å². The van der Waals surface area contributed by atoms with Gasteiger partial charge in [-0.2, -0.15) is 0 Å². The third-order valence-corrected chi connectivity index (χ3v) is 2.72. The number of benzene rings is 1. The maximum Gasteiger partial charge on any atom is 0.339 e. The number of aromatic carboxylic acids is 1. The number of hydrogen-bond acceptors (Lipinski definition) is 4. The number of carbonyl (C=O) groups is 2. The molecule has 0 aromatic heterocycles. The predicted octanol–water partition coefficient (Wildman–Crippen LogP) is 1.32. The van der Waals surface area contributed by atoms with E-state index >= 15 is 0 Å². The van der Waals surface area contributed by atoms with Crippen molar-refractivity contribution in [1.82, 2.24) is 0 Å². The fraction of sp³-hybridized carbons (Fsp3) is 0.385. The molecule has 0 fully saturated rings. The Kier molecular flexibility index (Phi) is 4.88. The van der Waals surface area contributed by atoms with E-state index in [9.17, 15) is 9.59 Å². The van der Waals surface area contributed by atoms with E-state index in [2.05, 4.69) is 5.32 Å². The monoisotopic (exact) mass is 266 g/mol. The average Bonchev–Trinajstić information content (AvgIpc) is 2.36. The third-order valence-electron chi connectivity index (χ3n) is 2.72. The van der Waals surface area contributed by atoms with Crippen molar-refractivity contribution < 1.29 is 19.4 Å². The molecular formula is C13H18N2O4. The van der Waals surface area contributed by atoms with Gasteiger partial charge in [-0.1, -0.05) is 13.8 Å². The Balaban J connectivity index is 2.92. The van der Waals surface area contributed by atoms with Gasteiger partial charge in [0.1, 0.15) is 11.3 Å². The van der Waals surface area contributed by atoms with Gasteiger partial charge in [0.15, 0.2) is 0 Å². The predicted molar refractivity (Wildman–Crippen MR) is 71.4 cm³/mol. The average molecular weight is 266 g/mol. The van der Waals surface area contributed by atoms with Crippen LogP contribution in [-0.2, 0) is 4.79 Å². The van der Waals surface area contributed by atoms with E-state index in [1.54, 1.807) is 0 Å². The van der Waals surface area contributed by atoms with Crippen LogP contribution in [0.2, 0.25) is 0 Å². The van der Waals surface area contributed by atoms with Crippen molar-refractivity contribution in [2.45, 2.75) is 19.9 Å². The number of carboxylic acid groups (broad SMARTS) is 1. The molecule has 0 aliphatic heterocycles. The fourth-order valence-electron chi connectivity index (χ4n) is 1.47. The van der Waals surface area contributed by atoms with Gasteiger partial charge in [-0.25, -0.2) is 4.79 Å². The first-order chi connectivity index (χ1) is 8.86. The number of anilines is 1. The van der Waals surface area contributed by atoms with Gasteiger partial charge in [-0.15, -0.1) is 0 Å². The van der Waals surface area contributed by atoms with Crippen LogP contribution in [0.5, 0.6) is 5.75 Å². The molecule has 0 radical (unpaired) electrons. The number of methoxy groups -OCH3 is 1. The number of hydrogen-bond donors (Lipinski definition) is 3. The van der Waals surface area contributed by atoms with Crippen LogP contribution in [0.1, 0.15) is 24.2 Å². The van der Waals surface area contributed by atoms with Crippen molar-refractivity contribution in [2.75, 3.05) is 12.4 Å². The summed E-state index contributed by atoms with van der Waals surface area (Å²) in [6.45, 7) is 3.69. The van der Waals surface area contributed by atoms with E-state index < -0.39 is 12.0 Å². The van der Waals surface area contributed by atoms with E-state index in [4.69, 9.17) is 15.6 Å². The van der Waals surface area contributed by atoms with Crippen LogP contribution in [0.4, 0.5) is 5.69 Å². The highest BCUT2D eigenvalue weighted by molar-refractivity contribution is 5.96. The third kappa shape index (κ3) is 3.69. The molecule has 1 amide bonds. The zero-order valence-corrected chi connectivity index (χ0v) is 11.1. The minimum absolute atomic E-state index is 0.0141. The van der Waals surface area contributed by atoms with E-state index in [0.29, 0.717) is 5.69 Å². The quantitative estimate of drug-likeness (QED) is 0.746. The van der Waals surface area contributed by atoms with Gasteiger partial charge < -0.3 is 20.9 Å². The van der Waals surface area contributed by atoms with Crippen LogP contribution < -0.4 is 15.8 Å². The van der Waals surface area contributed by atoms with Crippen LogP contribution in [0.15, 0.2) is 18.2 Å². The first-order valence-corrected chi connectivity index (χ1v) is 5.84. The second-order valence-electron chi connectivity index (χ2n) is 4.48. The normalized spacial score (nSPS) is 12.1. The molecule has 0 saturated heterocycles. The number of amides is 1. The number of nitrogens with two attached hydrogens (primary N) is 1. The van der Waals surface area contributed by atoms with Crippen molar-refractivity contribution in [3.05, 3.63) is 23.8 Å². The summed E-state index contributed by atoms with van der Waals surface area (Å²) in [5, 5.41) is 11.6. The maximum atomic E-state index is 11.8. The maximum absolute atomic E-state index is 11.8. The highest BCUT2D eigenvalue weighted by atomic mass is 16.5. The van der Waals surface area contributed by atoms with Gasteiger partial charge in [0, 0.05) is 11.8 Å². The molecule has 1 aromatic carbocycles. The summed E-state index contributed by atoms with van der Waals surface area (Å²) in [4.78, 5) is 22.7. The largest absolute Gasteiger partial charge is 0.496 e. The molecule has 19 heavy (non-hydrogen) atoms. The molecule has 0 aliphatic carbocycles. The van der Waals surface area contributed by atoms with E-state index in [0.717, 1.165) is 0 Å². The van der Waals surface area contributed by atoms with Crippen molar-refractivity contribution in [3.8, 4) is 5.75 Å². The highest BCUT2D eigenvalue weighted by Gasteiger charge is 2.18. The fourth-order valence-corrected chi connectivity index (χ4v) is 1.47. The van der Waals surface area contributed by atoms with E-state index in [1.165, 1.54) is 25.3 Å². The lowest BCUT2D eigenvalue weighted by Crippen LogP contribution is -2.39. The summed E-state index contributed by atoms with van der Waals surface area (Å²) in [5.74, 6) is -1.21. The second kappa shape index (κ2) is 6.19. The van der Waals surface area contributed by atoms with Gasteiger partial charge in [-0.3, -0.25) is 4.79 Å². The number of rotatable bonds is 5. The van der Waals surface area contributed by atoms with Crippen LogP contribution >= 0.6 is 0 Å². The van der Waals surface area contributed by atoms with Gasteiger partial charge >= 0.3 is 5.97 Å². The second-order valence-corrected chi connectivity index (χ2v) is 4.48. The summed E-state index contributed by atoms with van der Waals surface area (Å²) >= 11 is 0.